The lowest BCUT2D eigenvalue weighted by Gasteiger charge is -2.07. The summed E-state index contributed by atoms with van der Waals surface area (Å²) in [5, 5.41) is 0. The van der Waals surface area contributed by atoms with Crippen LogP contribution >= 0.6 is 0 Å². The Kier molecular flexibility index (Phi) is 3.86. The molecule has 2 aromatic carbocycles. The summed E-state index contributed by atoms with van der Waals surface area (Å²) in [5.74, 6) is 1.83. The van der Waals surface area contributed by atoms with Gasteiger partial charge in [-0.15, -0.1) is 0 Å². The van der Waals surface area contributed by atoms with Gasteiger partial charge in [0, 0.05) is 12.1 Å². The van der Waals surface area contributed by atoms with E-state index in [0.29, 0.717) is 29.4 Å². The Balaban J connectivity index is 1.50. The van der Waals surface area contributed by atoms with Gasteiger partial charge in [0.2, 0.25) is 5.78 Å². The lowest BCUT2D eigenvalue weighted by molar-refractivity contribution is 0.101. The first kappa shape index (κ1) is 15.3. The Morgan fingerprint density at radius 1 is 1.08 bits per heavy atom. The molecule has 3 aromatic rings. The lowest BCUT2D eigenvalue weighted by atomic mass is 10.1. The molecule has 0 bridgehead atoms. The molecule has 0 amide bonds. The van der Waals surface area contributed by atoms with Crippen LogP contribution in [-0.4, -0.2) is 5.78 Å². The third kappa shape index (κ3) is 3.19. The average molecular weight is 332 g/mol. The molecule has 0 unspecified atom stereocenters. The second-order valence-electron chi connectivity index (χ2n) is 5.89. The molecule has 25 heavy (non-hydrogen) atoms. The molecule has 4 heteroatoms. The maximum Gasteiger partial charge on any atom is 0.232 e. The first-order valence-corrected chi connectivity index (χ1v) is 7.99. The molecule has 0 atom stereocenters. The van der Waals surface area contributed by atoms with E-state index in [9.17, 15) is 4.79 Å². The number of ether oxygens (including phenoxy) is 2. The molecule has 0 fully saturated rings. The van der Waals surface area contributed by atoms with Gasteiger partial charge >= 0.3 is 0 Å². The zero-order valence-corrected chi connectivity index (χ0v) is 13.7. The van der Waals surface area contributed by atoms with Crippen LogP contribution in [-0.2, 0) is 6.61 Å². The Hall–Kier alpha value is -3.27. The smallest absolute Gasteiger partial charge is 0.232 e. The van der Waals surface area contributed by atoms with E-state index in [4.69, 9.17) is 13.9 Å². The number of ketones is 1. The van der Waals surface area contributed by atoms with Crippen molar-refractivity contribution in [3.8, 4) is 11.5 Å². The summed E-state index contributed by atoms with van der Waals surface area (Å²) in [5.41, 5.74) is 2.83. The second kappa shape index (κ2) is 6.32. The summed E-state index contributed by atoms with van der Waals surface area (Å²) in [6.07, 6.45) is 3.14. The number of Topliss-reactive ketones (excluding diaryl/α,β-unsaturated/α-hetero) is 1. The van der Waals surface area contributed by atoms with E-state index in [1.54, 1.807) is 42.7 Å². The maximum atomic E-state index is 12.4. The molecular formula is C21H16O4. The van der Waals surface area contributed by atoms with Gasteiger partial charge < -0.3 is 13.9 Å². The molecular weight excluding hydrogens is 316 g/mol. The number of furan rings is 1. The fourth-order valence-corrected chi connectivity index (χ4v) is 2.61. The highest BCUT2D eigenvalue weighted by Gasteiger charge is 2.28. The number of aryl methyl sites for hydroxylation is 1. The zero-order chi connectivity index (χ0) is 17.2. The second-order valence-corrected chi connectivity index (χ2v) is 5.89. The summed E-state index contributed by atoms with van der Waals surface area (Å²) in [6, 6.07) is 16.9. The number of benzene rings is 2. The van der Waals surface area contributed by atoms with Crippen LogP contribution in [0.4, 0.5) is 0 Å². The summed E-state index contributed by atoms with van der Waals surface area (Å²) >= 11 is 0. The number of allylic oxidation sites excluding steroid dienone is 1. The van der Waals surface area contributed by atoms with Crippen LogP contribution in [0.25, 0.3) is 6.08 Å². The molecule has 0 saturated heterocycles. The number of hydrogen-bond donors (Lipinski definition) is 0. The molecule has 0 radical (unpaired) electrons. The molecule has 1 aliphatic heterocycles. The SMILES string of the molecule is Cc1ccc(COc2ccc3c(c2)OC(=Cc2ccco2)C3=O)cc1. The molecule has 1 aromatic heterocycles. The van der Waals surface area contributed by atoms with Crippen molar-refractivity contribution in [3.63, 3.8) is 0 Å². The minimum atomic E-state index is -0.156. The molecule has 4 nitrogen and oxygen atoms in total. The van der Waals surface area contributed by atoms with Gasteiger partial charge in [-0.05, 0) is 36.8 Å². The molecule has 124 valence electrons. The van der Waals surface area contributed by atoms with Gasteiger partial charge in [0.1, 0.15) is 23.9 Å². The highest BCUT2D eigenvalue weighted by molar-refractivity contribution is 6.14. The average Bonchev–Trinajstić information content (AvgIpc) is 3.23. The first-order valence-electron chi connectivity index (χ1n) is 7.99. The Morgan fingerprint density at radius 2 is 1.92 bits per heavy atom. The van der Waals surface area contributed by atoms with Gasteiger partial charge in [0.15, 0.2) is 5.76 Å². The van der Waals surface area contributed by atoms with Gasteiger partial charge in [-0.2, -0.15) is 0 Å². The highest BCUT2D eigenvalue weighted by Crippen LogP contribution is 2.35. The van der Waals surface area contributed by atoms with Crippen molar-refractivity contribution in [2.75, 3.05) is 0 Å². The van der Waals surface area contributed by atoms with Crippen molar-refractivity contribution < 1.29 is 18.7 Å². The molecule has 4 rings (SSSR count). The minimum Gasteiger partial charge on any atom is -0.489 e. The predicted octanol–water partition coefficient (Wildman–Crippen LogP) is 4.78. The van der Waals surface area contributed by atoms with E-state index in [1.807, 2.05) is 19.1 Å². The van der Waals surface area contributed by atoms with E-state index in [0.717, 1.165) is 5.56 Å². The topological polar surface area (TPSA) is 48.7 Å². The van der Waals surface area contributed by atoms with Crippen molar-refractivity contribution in [3.05, 3.63) is 89.1 Å². The molecule has 0 saturated carbocycles. The van der Waals surface area contributed by atoms with Crippen molar-refractivity contribution in [1.29, 1.82) is 0 Å². The summed E-state index contributed by atoms with van der Waals surface area (Å²) in [6.45, 7) is 2.51. The third-order valence-corrected chi connectivity index (χ3v) is 3.98. The van der Waals surface area contributed by atoms with Crippen LogP contribution in [0.3, 0.4) is 0 Å². The van der Waals surface area contributed by atoms with Crippen LogP contribution in [0.1, 0.15) is 27.2 Å². The normalized spacial score (nSPS) is 14.4. The van der Waals surface area contributed by atoms with E-state index >= 15 is 0 Å². The van der Waals surface area contributed by atoms with Gasteiger partial charge in [-0.25, -0.2) is 0 Å². The molecule has 0 spiro atoms. The Bertz CT molecular complexity index is 935. The Labute approximate surface area is 145 Å². The predicted molar refractivity (Wildman–Crippen MR) is 93.6 cm³/mol. The van der Waals surface area contributed by atoms with Crippen molar-refractivity contribution in [1.82, 2.24) is 0 Å². The minimum absolute atomic E-state index is 0.156. The summed E-state index contributed by atoms with van der Waals surface area (Å²) in [7, 11) is 0. The molecule has 0 N–H and O–H groups in total. The van der Waals surface area contributed by atoms with Gasteiger partial charge in [0.25, 0.3) is 0 Å². The molecule has 0 aliphatic carbocycles. The van der Waals surface area contributed by atoms with Crippen molar-refractivity contribution in [2.24, 2.45) is 0 Å². The van der Waals surface area contributed by atoms with E-state index < -0.39 is 0 Å². The van der Waals surface area contributed by atoms with E-state index in [-0.39, 0.29) is 11.5 Å². The quantitative estimate of drug-likeness (QED) is 0.645. The Morgan fingerprint density at radius 3 is 2.68 bits per heavy atom. The maximum absolute atomic E-state index is 12.4. The summed E-state index contributed by atoms with van der Waals surface area (Å²) in [4.78, 5) is 12.4. The zero-order valence-electron chi connectivity index (χ0n) is 13.7. The van der Waals surface area contributed by atoms with Crippen LogP contribution in [0.5, 0.6) is 11.5 Å². The summed E-state index contributed by atoms with van der Waals surface area (Å²) < 4.78 is 16.7. The fraction of sp³-hybridized carbons (Fsp3) is 0.0952. The van der Waals surface area contributed by atoms with Crippen LogP contribution < -0.4 is 9.47 Å². The van der Waals surface area contributed by atoms with Gasteiger partial charge in [-0.3, -0.25) is 4.79 Å². The number of rotatable bonds is 4. The largest absolute Gasteiger partial charge is 0.489 e. The van der Waals surface area contributed by atoms with Crippen molar-refractivity contribution >= 4 is 11.9 Å². The third-order valence-electron chi connectivity index (χ3n) is 3.98. The fourth-order valence-electron chi connectivity index (χ4n) is 2.61. The van der Waals surface area contributed by atoms with E-state index in [1.165, 1.54) is 5.56 Å². The van der Waals surface area contributed by atoms with Gasteiger partial charge in [0.05, 0.1) is 11.8 Å². The number of carbonyl (C=O) groups excluding carboxylic acids is 1. The van der Waals surface area contributed by atoms with Crippen LogP contribution in [0, 0.1) is 6.92 Å². The molecule has 1 aliphatic rings. The van der Waals surface area contributed by atoms with Gasteiger partial charge in [-0.1, -0.05) is 29.8 Å². The monoisotopic (exact) mass is 332 g/mol. The lowest BCUT2D eigenvalue weighted by Crippen LogP contribution is -1.97. The molecule has 2 heterocycles. The number of carbonyl (C=O) groups is 1. The van der Waals surface area contributed by atoms with E-state index in [2.05, 4.69) is 12.1 Å². The van der Waals surface area contributed by atoms with Crippen LogP contribution in [0.15, 0.2) is 71.0 Å². The van der Waals surface area contributed by atoms with Crippen LogP contribution in [0.2, 0.25) is 0 Å². The van der Waals surface area contributed by atoms with Crippen molar-refractivity contribution in [2.45, 2.75) is 13.5 Å². The number of fused-ring (bicyclic) bond motifs is 1. The first-order chi connectivity index (χ1) is 12.2. The standard InChI is InChI=1S/C21H16O4/c1-14-4-6-15(7-5-14)13-24-17-8-9-18-19(11-17)25-20(21(18)22)12-16-3-2-10-23-16/h2-12H,13H2,1H3. The highest BCUT2D eigenvalue weighted by atomic mass is 16.5. The number of hydrogen-bond acceptors (Lipinski definition) is 4.